The first-order valence-electron chi connectivity index (χ1n) is 6.40. The van der Waals surface area contributed by atoms with Crippen LogP contribution in [0, 0.1) is 0 Å². The van der Waals surface area contributed by atoms with Gasteiger partial charge in [0.2, 0.25) is 0 Å². The Labute approximate surface area is 103 Å². The average Bonchev–Trinajstić information content (AvgIpc) is 2.41. The first kappa shape index (κ1) is 12.4. The Kier molecular flexibility index (Phi) is 4.83. The maximum Gasteiger partial charge on any atom is 0.119 e. The summed E-state index contributed by atoms with van der Waals surface area (Å²) in [5.41, 5.74) is 6.82. The van der Waals surface area contributed by atoms with Gasteiger partial charge in [-0.3, -0.25) is 0 Å². The molecule has 0 bridgehead atoms. The molecule has 0 spiro atoms. The maximum absolute atomic E-state index is 5.67. The van der Waals surface area contributed by atoms with Crippen LogP contribution in [0.1, 0.15) is 30.7 Å². The first-order valence-corrected chi connectivity index (χ1v) is 6.40. The lowest BCUT2D eigenvalue weighted by molar-refractivity contribution is 0.0853. The van der Waals surface area contributed by atoms with Gasteiger partial charge in [0.1, 0.15) is 5.75 Å². The Morgan fingerprint density at radius 2 is 2.12 bits per heavy atom. The molecule has 1 aromatic rings. The fourth-order valence-corrected chi connectivity index (χ4v) is 2.16. The zero-order valence-corrected chi connectivity index (χ0v) is 10.2. The molecule has 3 heteroatoms. The number of ether oxygens (including phenoxy) is 2. The molecule has 2 N–H and O–H groups in total. The fraction of sp³-hybridized carbons (Fsp3) is 0.571. The van der Waals surface area contributed by atoms with E-state index in [2.05, 4.69) is 18.2 Å². The Morgan fingerprint density at radius 1 is 1.29 bits per heavy atom. The number of hydrogen-bond donors (Lipinski definition) is 1. The summed E-state index contributed by atoms with van der Waals surface area (Å²) < 4.78 is 11.1. The van der Waals surface area contributed by atoms with Crippen LogP contribution in [0.2, 0.25) is 0 Å². The summed E-state index contributed by atoms with van der Waals surface area (Å²) >= 11 is 0. The third-order valence-corrected chi connectivity index (χ3v) is 3.17. The fourth-order valence-electron chi connectivity index (χ4n) is 2.16. The number of nitrogens with two attached hydrogens (primary N) is 1. The lowest BCUT2D eigenvalue weighted by atomic mass is 9.92. The molecule has 94 valence electrons. The van der Waals surface area contributed by atoms with Crippen molar-refractivity contribution >= 4 is 0 Å². The van der Waals surface area contributed by atoms with Gasteiger partial charge in [0.05, 0.1) is 6.61 Å². The van der Waals surface area contributed by atoms with Gasteiger partial charge in [0.25, 0.3) is 0 Å². The zero-order chi connectivity index (χ0) is 11.9. The molecule has 2 rings (SSSR count). The SMILES string of the molecule is NCCCOc1cccc(C2CCOCC2)c1. The molecule has 3 nitrogen and oxygen atoms in total. The van der Waals surface area contributed by atoms with Crippen LogP contribution in [0.15, 0.2) is 24.3 Å². The standard InChI is InChI=1S/C14H21NO2/c15-7-2-8-17-14-4-1-3-13(11-14)12-5-9-16-10-6-12/h1,3-4,11-12H,2,5-10,15H2. The van der Waals surface area contributed by atoms with Gasteiger partial charge in [-0.2, -0.15) is 0 Å². The predicted molar refractivity (Wildman–Crippen MR) is 68.4 cm³/mol. The first-order chi connectivity index (χ1) is 8.40. The summed E-state index contributed by atoms with van der Waals surface area (Å²) in [6.07, 6.45) is 3.14. The van der Waals surface area contributed by atoms with Gasteiger partial charge in [0, 0.05) is 13.2 Å². The van der Waals surface area contributed by atoms with Crippen molar-refractivity contribution in [2.24, 2.45) is 5.73 Å². The van der Waals surface area contributed by atoms with E-state index in [1.807, 2.05) is 6.07 Å². The number of hydrogen-bond acceptors (Lipinski definition) is 3. The summed E-state index contributed by atoms with van der Waals surface area (Å²) in [6.45, 7) is 3.14. The molecule has 0 aliphatic carbocycles. The predicted octanol–water partition coefficient (Wildman–Crippen LogP) is 2.31. The normalized spacial score (nSPS) is 17.0. The summed E-state index contributed by atoms with van der Waals surface area (Å²) in [5.74, 6) is 1.59. The van der Waals surface area contributed by atoms with Crippen LogP contribution < -0.4 is 10.5 Å². The van der Waals surface area contributed by atoms with E-state index in [-0.39, 0.29) is 0 Å². The highest BCUT2D eigenvalue weighted by Gasteiger charge is 2.15. The quantitative estimate of drug-likeness (QED) is 0.796. The Bertz CT molecular complexity index is 335. The highest BCUT2D eigenvalue weighted by atomic mass is 16.5. The molecule has 17 heavy (non-hydrogen) atoms. The van der Waals surface area contributed by atoms with Crippen LogP contribution in [-0.2, 0) is 4.74 Å². The maximum atomic E-state index is 5.67. The van der Waals surface area contributed by atoms with E-state index in [0.717, 1.165) is 38.2 Å². The van der Waals surface area contributed by atoms with Crippen LogP contribution in [0.25, 0.3) is 0 Å². The molecule has 0 aromatic heterocycles. The molecular formula is C14H21NO2. The van der Waals surface area contributed by atoms with E-state index >= 15 is 0 Å². The zero-order valence-electron chi connectivity index (χ0n) is 10.2. The summed E-state index contributed by atoms with van der Waals surface area (Å²) in [7, 11) is 0. The van der Waals surface area contributed by atoms with Crippen molar-refractivity contribution in [3.05, 3.63) is 29.8 Å². The van der Waals surface area contributed by atoms with Crippen LogP contribution in [0.5, 0.6) is 5.75 Å². The van der Waals surface area contributed by atoms with Crippen LogP contribution in [0.3, 0.4) is 0 Å². The molecule has 1 saturated heterocycles. The molecule has 1 aromatic carbocycles. The largest absolute Gasteiger partial charge is 0.494 e. The van der Waals surface area contributed by atoms with E-state index in [9.17, 15) is 0 Å². The minimum absolute atomic E-state index is 0.627. The van der Waals surface area contributed by atoms with E-state index in [1.165, 1.54) is 5.56 Å². The number of rotatable bonds is 5. The van der Waals surface area contributed by atoms with E-state index < -0.39 is 0 Å². The highest BCUT2D eigenvalue weighted by Crippen LogP contribution is 2.29. The lowest BCUT2D eigenvalue weighted by Crippen LogP contribution is -2.14. The minimum Gasteiger partial charge on any atom is -0.494 e. The third-order valence-electron chi connectivity index (χ3n) is 3.17. The second-order valence-electron chi connectivity index (χ2n) is 4.45. The van der Waals surface area contributed by atoms with Crippen molar-refractivity contribution in [1.29, 1.82) is 0 Å². The summed E-state index contributed by atoms with van der Waals surface area (Å²) in [5, 5.41) is 0. The van der Waals surface area contributed by atoms with E-state index in [1.54, 1.807) is 0 Å². The van der Waals surface area contributed by atoms with Gasteiger partial charge in [-0.1, -0.05) is 12.1 Å². The molecule has 1 aliphatic heterocycles. The summed E-state index contributed by atoms with van der Waals surface area (Å²) in [6, 6.07) is 8.43. The Hall–Kier alpha value is -1.06. The van der Waals surface area contributed by atoms with Crippen molar-refractivity contribution in [2.45, 2.75) is 25.2 Å². The average molecular weight is 235 g/mol. The third kappa shape index (κ3) is 3.72. The smallest absolute Gasteiger partial charge is 0.119 e. The molecule has 0 radical (unpaired) electrons. The van der Waals surface area contributed by atoms with Gasteiger partial charge in [-0.25, -0.2) is 0 Å². The highest BCUT2D eigenvalue weighted by molar-refractivity contribution is 5.31. The van der Waals surface area contributed by atoms with E-state index in [0.29, 0.717) is 19.1 Å². The Balaban J connectivity index is 1.95. The molecule has 0 amide bonds. The van der Waals surface area contributed by atoms with Crippen molar-refractivity contribution in [3.8, 4) is 5.75 Å². The van der Waals surface area contributed by atoms with Crippen molar-refractivity contribution in [2.75, 3.05) is 26.4 Å². The van der Waals surface area contributed by atoms with E-state index in [4.69, 9.17) is 15.2 Å². The van der Waals surface area contributed by atoms with Crippen molar-refractivity contribution < 1.29 is 9.47 Å². The topological polar surface area (TPSA) is 44.5 Å². The van der Waals surface area contributed by atoms with Crippen molar-refractivity contribution in [1.82, 2.24) is 0 Å². The molecule has 0 unspecified atom stereocenters. The molecule has 0 saturated carbocycles. The molecular weight excluding hydrogens is 214 g/mol. The van der Waals surface area contributed by atoms with Crippen LogP contribution >= 0.6 is 0 Å². The van der Waals surface area contributed by atoms with Gasteiger partial charge >= 0.3 is 0 Å². The second kappa shape index (κ2) is 6.62. The van der Waals surface area contributed by atoms with Gasteiger partial charge in [0.15, 0.2) is 0 Å². The minimum atomic E-state index is 0.627. The Morgan fingerprint density at radius 3 is 2.88 bits per heavy atom. The van der Waals surface area contributed by atoms with Gasteiger partial charge in [-0.15, -0.1) is 0 Å². The molecule has 1 fully saturated rings. The molecule has 0 atom stereocenters. The molecule has 1 heterocycles. The number of benzene rings is 1. The summed E-state index contributed by atoms with van der Waals surface area (Å²) in [4.78, 5) is 0. The van der Waals surface area contributed by atoms with Crippen LogP contribution in [0.4, 0.5) is 0 Å². The molecule has 1 aliphatic rings. The van der Waals surface area contributed by atoms with Gasteiger partial charge in [-0.05, 0) is 49.4 Å². The monoisotopic (exact) mass is 235 g/mol. The van der Waals surface area contributed by atoms with Gasteiger partial charge < -0.3 is 15.2 Å². The lowest BCUT2D eigenvalue weighted by Gasteiger charge is -2.22. The second-order valence-corrected chi connectivity index (χ2v) is 4.45. The van der Waals surface area contributed by atoms with Crippen molar-refractivity contribution in [3.63, 3.8) is 0 Å². The van der Waals surface area contributed by atoms with Crippen LogP contribution in [-0.4, -0.2) is 26.4 Å².